The molecule has 0 atom stereocenters. The van der Waals surface area contributed by atoms with E-state index in [2.05, 4.69) is 5.32 Å². The lowest BCUT2D eigenvalue weighted by Gasteiger charge is -2.28. The molecule has 0 unspecified atom stereocenters. The summed E-state index contributed by atoms with van der Waals surface area (Å²) in [5.41, 5.74) is 3.36. The minimum absolute atomic E-state index is 0.0320. The Bertz CT molecular complexity index is 1100. The average molecular weight is 449 g/mol. The summed E-state index contributed by atoms with van der Waals surface area (Å²) in [5.74, 6) is 0.783. The fourth-order valence-corrected chi connectivity index (χ4v) is 3.68. The first-order valence-electron chi connectivity index (χ1n) is 11.1. The van der Waals surface area contributed by atoms with Gasteiger partial charge in [-0.3, -0.25) is 9.59 Å². The van der Waals surface area contributed by atoms with Crippen LogP contribution in [0.25, 0.3) is 16.8 Å². The number of nitrogens with zero attached hydrogens (tertiary/aromatic N) is 3. The molecule has 2 aromatic carbocycles. The standard InChI is InChI=1S/C26H32N4O3/c1-17(2)26(32)29(18(3)4)16-23(31)27-25-24(20-10-8-7-9-11-20)19(5)28-30(25)21-12-14-22(33-6)15-13-21/h7-15,17-18H,16H2,1-6H3,(H,27,31). The van der Waals surface area contributed by atoms with Crippen molar-refractivity contribution in [2.45, 2.75) is 40.7 Å². The van der Waals surface area contributed by atoms with E-state index in [1.165, 1.54) is 0 Å². The molecule has 0 spiro atoms. The largest absolute Gasteiger partial charge is 0.497 e. The Kier molecular flexibility index (Phi) is 7.53. The van der Waals surface area contributed by atoms with Crippen LogP contribution in [0.2, 0.25) is 0 Å². The van der Waals surface area contributed by atoms with Crippen molar-refractivity contribution in [1.82, 2.24) is 14.7 Å². The van der Waals surface area contributed by atoms with Gasteiger partial charge in [0.15, 0.2) is 0 Å². The molecule has 2 amide bonds. The van der Waals surface area contributed by atoms with E-state index in [1.807, 2.05) is 89.2 Å². The highest BCUT2D eigenvalue weighted by Crippen LogP contribution is 2.33. The Hall–Kier alpha value is -3.61. The SMILES string of the molecule is COc1ccc(-n2nc(C)c(-c3ccccc3)c2NC(=O)CN(C(=O)C(C)C)C(C)C)cc1. The van der Waals surface area contributed by atoms with Crippen LogP contribution in [-0.2, 0) is 9.59 Å². The van der Waals surface area contributed by atoms with E-state index in [0.717, 1.165) is 28.3 Å². The normalized spacial score (nSPS) is 11.0. The quantitative estimate of drug-likeness (QED) is 0.542. The monoisotopic (exact) mass is 448 g/mol. The summed E-state index contributed by atoms with van der Waals surface area (Å²) in [4.78, 5) is 27.4. The van der Waals surface area contributed by atoms with Crippen LogP contribution in [0.4, 0.5) is 5.82 Å². The summed E-state index contributed by atoms with van der Waals surface area (Å²) in [6.45, 7) is 9.39. The summed E-state index contributed by atoms with van der Waals surface area (Å²) in [7, 11) is 1.62. The molecular formula is C26H32N4O3. The number of hydrogen-bond acceptors (Lipinski definition) is 4. The highest BCUT2D eigenvalue weighted by atomic mass is 16.5. The molecule has 3 rings (SSSR count). The fourth-order valence-electron chi connectivity index (χ4n) is 3.68. The molecule has 3 aromatic rings. The van der Waals surface area contributed by atoms with Crippen molar-refractivity contribution < 1.29 is 14.3 Å². The molecule has 33 heavy (non-hydrogen) atoms. The number of carbonyl (C=O) groups excluding carboxylic acids is 2. The molecule has 7 nitrogen and oxygen atoms in total. The molecule has 0 saturated heterocycles. The van der Waals surface area contributed by atoms with Crippen molar-refractivity contribution in [3.05, 3.63) is 60.3 Å². The zero-order valence-corrected chi connectivity index (χ0v) is 20.1. The van der Waals surface area contributed by atoms with Crippen molar-refractivity contribution in [2.75, 3.05) is 19.0 Å². The summed E-state index contributed by atoms with van der Waals surface area (Å²) in [6, 6.07) is 17.2. The van der Waals surface area contributed by atoms with Crippen LogP contribution < -0.4 is 10.1 Å². The number of aryl methyl sites for hydroxylation is 1. The van der Waals surface area contributed by atoms with Gasteiger partial charge in [0.1, 0.15) is 18.1 Å². The van der Waals surface area contributed by atoms with Crippen molar-refractivity contribution in [2.24, 2.45) is 5.92 Å². The molecule has 174 valence electrons. The van der Waals surface area contributed by atoms with Gasteiger partial charge >= 0.3 is 0 Å². The van der Waals surface area contributed by atoms with E-state index < -0.39 is 0 Å². The summed E-state index contributed by atoms with van der Waals surface area (Å²) < 4.78 is 6.99. The Balaban J connectivity index is 2.02. The van der Waals surface area contributed by atoms with E-state index in [-0.39, 0.29) is 30.3 Å². The number of benzene rings is 2. The van der Waals surface area contributed by atoms with Crippen LogP contribution in [0.1, 0.15) is 33.4 Å². The molecule has 1 N–H and O–H groups in total. The average Bonchev–Trinajstić information content (AvgIpc) is 3.12. The van der Waals surface area contributed by atoms with E-state index in [4.69, 9.17) is 9.84 Å². The van der Waals surface area contributed by atoms with Gasteiger partial charge in [0, 0.05) is 17.5 Å². The van der Waals surface area contributed by atoms with Gasteiger partial charge in [-0.2, -0.15) is 5.10 Å². The first kappa shape index (κ1) is 24.0. The number of ether oxygens (including phenoxy) is 1. The van der Waals surface area contributed by atoms with Gasteiger partial charge in [-0.15, -0.1) is 0 Å². The van der Waals surface area contributed by atoms with Crippen LogP contribution in [0.3, 0.4) is 0 Å². The van der Waals surface area contributed by atoms with E-state index in [1.54, 1.807) is 16.7 Å². The maximum absolute atomic E-state index is 13.2. The Morgan fingerprint density at radius 1 is 1.03 bits per heavy atom. The van der Waals surface area contributed by atoms with E-state index in [0.29, 0.717) is 5.82 Å². The molecule has 0 aliphatic rings. The molecule has 0 radical (unpaired) electrons. The number of rotatable bonds is 8. The van der Waals surface area contributed by atoms with E-state index in [9.17, 15) is 9.59 Å². The first-order chi connectivity index (χ1) is 15.7. The van der Waals surface area contributed by atoms with Gasteiger partial charge in [-0.05, 0) is 50.6 Å². The first-order valence-corrected chi connectivity index (χ1v) is 11.1. The lowest BCUT2D eigenvalue weighted by Crippen LogP contribution is -2.44. The second-order valence-electron chi connectivity index (χ2n) is 8.55. The second kappa shape index (κ2) is 10.3. The van der Waals surface area contributed by atoms with Gasteiger partial charge in [-0.25, -0.2) is 4.68 Å². The third-order valence-corrected chi connectivity index (χ3v) is 5.41. The summed E-state index contributed by atoms with van der Waals surface area (Å²) in [6.07, 6.45) is 0. The van der Waals surface area contributed by atoms with Crippen molar-refractivity contribution in [3.63, 3.8) is 0 Å². The third-order valence-electron chi connectivity index (χ3n) is 5.41. The van der Waals surface area contributed by atoms with Crippen LogP contribution in [-0.4, -0.2) is 46.2 Å². The summed E-state index contributed by atoms with van der Waals surface area (Å²) in [5, 5.41) is 7.77. The van der Waals surface area contributed by atoms with Crippen molar-refractivity contribution in [1.29, 1.82) is 0 Å². The van der Waals surface area contributed by atoms with Crippen LogP contribution >= 0.6 is 0 Å². The number of methoxy groups -OCH3 is 1. The van der Waals surface area contributed by atoms with Gasteiger partial charge in [-0.1, -0.05) is 44.2 Å². The highest BCUT2D eigenvalue weighted by Gasteiger charge is 2.25. The number of amides is 2. The number of hydrogen-bond donors (Lipinski definition) is 1. The topological polar surface area (TPSA) is 76.5 Å². The smallest absolute Gasteiger partial charge is 0.245 e. The zero-order valence-electron chi connectivity index (χ0n) is 20.1. The van der Waals surface area contributed by atoms with Gasteiger partial charge < -0.3 is 15.0 Å². The number of aromatic nitrogens is 2. The lowest BCUT2D eigenvalue weighted by molar-refractivity contribution is -0.139. The molecule has 0 saturated carbocycles. The number of anilines is 1. The van der Waals surface area contributed by atoms with Gasteiger partial charge in [0.05, 0.1) is 18.5 Å². The molecule has 0 aliphatic heterocycles. The third kappa shape index (κ3) is 5.42. The fraction of sp³-hybridized carbons (Fsp3) is 0.346. The molecule has 7 heteroatoms. The molecular weight excluding hydrogens is 416 g/mol. The van der Waals surface area contributed by atoms with Crippen LogP contribution in [0.15, 0.2) is 54.6 Å². The lowest BCUT2D eigenvalue weighted by atomic mass is 10.1. The number of carbonyl (C=O) groups is 2. The second-order valence-corrected chi connectivity index (χ2v) is 8.55. The predicted octanol–water partition coefficient (Wildman–Crippen LogP) is 4.69. The Labute approximate surface area is 195 Å². The minimum Gasteiger partial charge on any atom is -0.497 e. The molecule has 1 heterocycles. The molecule has 0 fully saturated rings. The predicted molar refractivity (Wildman–Crippen MR) is 131 cm³/mol. The van der Waals surface area contributed by atoms with Gasteiger partial charge in [0.2, 0.25) is 11.8 Å². The summed E-state index contributed by atoms with van der Waals surface area (Å²) >= 11 is 0. The molecule has 0 aliphatic carbocycles. The molecule has 0 bridgehead atoms. The van der Waals surface area contributed by atoms with E-state index >= 15 is 0 Å². The Morgan fingerprint density at radius 2 is 1.67 bits per heavy atom. The van der Waals surface area contributed by atoms with Gasteiger partial charge in [0.25, 0.3) is 0 Å². The van der Waals surface area contributed by atoms with Crippen molar-refractivity contribution >= 4 is 17.6 Å². The highest BCUT2D eigenvalue weighted by molar-refractivity contribution is 5.98. The van der Waals surface area contributed by atoms with Crippen LogP contribution in [0.5, 0.6) is 5.75 Å². The Morgan fingerprint density at radius 3 is 2.21 bits per heavy atom. The van der Waals surface area contributed by atoms with Crippen molar-refractivity contribution in [3.8, 4) is 22.6 Å². The maximum atomic E-state index is 13.2. The molecule has 1 aromatic heterocycles. The van der Waals surface area contributed by atoms with Crippen LogP contribution in [0, 0.1) is 12.8 Å². The zero-order chi connectivity index (χ0) is 24.1. The maximum Gasteiger partial charge on any atom is 0.245 e. The minimum atomic E-state index is -0.274. The number of nitrogens with one attached hydrogen (secondary N) is 1.